The highest BCUT2D eigenvalue weighted by atomic mass is 32.2. The Labute approximate surface area is 132 Å². The molecule has 2 aliphatic rings. The van der Waals surface area contributed by atoms with E-state index in [0.717, 1.165) is 37.7 Å². The Balaban J connectivity index is 2.06. The van der Waals surface area contributed by atoms with Crippen LogP contribution in [0.4, 0.5) is 0 Å². The molecule has 1 aliphatic heterocycles. The summed E-state index contributed by atoms with van der Waals surface area (Å²) in [6.07, 6.45) is 5.39. The molecule has 1 spiro atoms. The summed E-state index contributed by atoms with van der Waals surface area (Å²) in [5.41, 5.74) is 0.519. The Kier molecular flexibility index (Phi) is 3.79. The fraction of sp³-hybridized carbons (Fsp3) is 0.588. The van der Waals surface area contributed by atoms with Gasteiger partial charge in [0.2, 0.25) is 5.91 Å². The first kappa shape index (κ1) is 15.5. The molecule has 1 amide bonds. The zero-order valence-electron chi connectivity index (χ0n) is 13.2. The van der Waals surface area contributed by atoms with Gasteiger partial charge in [-0.15, -0.1) is 0 Å². The Morgan fingerprint density at radius 2 is 1.68 bits per heavy atom. The Bertz CT molecular complexity index is 672. The second-order valence-electron chi connectivity index (χ2n) is 6.81. The number of carbonyl (C=O) groups excluding carboxylic acids is 1. The normalized spacial score (nSPS) is 24.9. The van der Waals surface area contributed by atoms with Crippen LogP contribution in [0, 0.1) is 12.8 Å². The first-order chi connectivity index (χ1) is 10.4. The van der Waals surface area contributed by atoms with Crippen LogP contribution in [0.5, 0.6) is 0 Å². The Morgan fingerprint density at radius 3 is 2.27 bits per heavy atom. The van der Waals surface area contributed by atoms with Crippen molar-refractivity contribution in [2.45, 2.75) is 62.8 Å². The zero-order valence-corrected chi connectivity index (χ0v) is 14.0. The molecule has 0 radical (unpaired) electrons. The minimum Gasteiger partial charge on any atom is -0.273 e. The lowest BCUT2D eigenvalue weighted by molar-refractivity contribution is -0.128. The van der Waals surface area contributed by atoms with Crippen LogP contribution in [0.3, 0.4) is 0 Å². The first-order valence-corrected chi connectivity index (χ1v) is 9.47. The van der Waals surface area contributed by atoms with Gasteiger partial charge in [-0.2, -0.15) is 0 Å². The van der Waals surface area contributed by atoms with E-state index in [0.29, 0.717) is 6.42 Å². The maximum Gasteiger partial charge on any atom is 0.267 e. The monoisotopic (exact) mass is 321 g/mol. The van der Waals surface area contributed by atoms with Gasteiger partial charge >= 0.3 is 0 Å². The molecule has 1 aromatic rings. The van der Waals surface area contributed by atoms with Crippen LogP contribution in [0.25, 0.3) is 0 Å². The Hall–Kier alpha value is -1.36. The minimum absolute atomic E-state index is 0.210. The van der Waals surface area contributed by atoms with Crippen LogP contribution < -0.4 is 0 Å². The van der Waals surface area contributed by atoms with Gasteiger partial charge < -0.3 is 0 Å². The molecule has 3 rings (SSSR count). The summed E-state index contributed by atoms with van der Waals surface area (Å²) >= 11 is 0. The van der Waals surface area contributed by atoms with E-state index in [1.165, 1.54) is 4.31 Å². The summed E-state index contributed by atoms with van der Waals surface area (Å²) < 4.78 is 27.4. The van der Waals surface area contributed by atoms with Gasteiger partial charge in [0, 0.05) is 5.92 Å². The molecule has 1 aliphatic carbocycles. The molecule has 0 aromatic heterocycles. The van der Waals surface area contributed by atoms with Crippen molar-refractivity contribution in [3.05, 3.63) is 29.8 Å². The third kappa shape index (κ3) is 2.35. The van der Waals surface area contributed by atoms with Crippen LogP contribution in [-0.4, -0.2) is 24.2 Å². The topological polar surface area (TPSA) is 54.5 Å². The quantitative estimate of drug-likeness (QED) is 0.840. The van der Waals surface area contributed by atoms with Crippen molar-refractivity contribution in [1.29, 1.82) is 0 Å². The summed E-state index contributed by atoms with van der Waals surface area (Å²) in [5.74, 6) is -0.444. The summed E-state index contributed by atoms with van der Waals surface area (Å²) in [6, 6.07) is 6.78. The van der Waals surface area contributed by atoms with Crippen LogP contribution in [0.2, 0.25) is 0 Å². The van der Waals surface area contributed by atoms with Crippen molar-refractivity contribution in [1.82, 2.24) is 4.31 Å². The number of rotatable bonds is 2. The maximum atomic E-state index is 13.1. The van der Waals surface area contributed by atoms with Gasteiger partial charge in [0.1, 0.15) is 0 Å². The zero-order chi connectivity index (χ0) is 16.0. The molecule has 22 heavy (non-hydrogen) atoms. The number of sulfonamides is 1. The van der Waals surface area contributed by atoms with E-state index in [-0.39, 0.29) is 16.7 Å². The smallest absolute Gasteiger partial charge is 0.267 e. The van der Waals surface area contributed by atoms with E-state index in [9.17, 15) is 13.2 Å². The number of carbonyl (C=O) groups is 1. The molecule has 4 nitrogen and oxygen atoms in total. The van der Waals surface area contributed by atoms with Crippen molar-refractivity contribution < 1.29 is 13.2 Å². The number of hydrogen-bond acceptors (Lipinski definition) is 3. The van der Waals surface area contributed by atoms with Crippen LogP contribution in [0.15, 0.2) is 29.2 Å². The third-order valence-corrected chi connectivity index (χ3v) is 7.00. The van der Waals surface area contributed by atoms with Gasteiger partial charge in [-0.1, -0.05) is 43.9 Å². The molecular formula is C17H23NO3S. The average molecular weight is 321 g/mol. The predicted octanol–water partition coefficient (Wildman–Crippen LogP) is 3.26. The van der Waals surface area contributed by atoms with Crippen molar-refractivity contribution in [2.75, 3.05) is 0 Å². The van der Waals surface area contributed by atoms with Gasteiger partial charge in [0.25, 0.3) is 10.0 Å². The van der Waals surface area contributed by atoms with E-state index in [4.69, 9.17) is 0 Å². The Morgan fingerprint density at radius 1 is 1.09 bits per heavy atom. The average Bonchev–Trinajstić information content (AvgIpc) is 2.71. The fourth-order valence-electron chi connectivity index (χ4n) is 3.98. The van der Waals surface area contributed by atoms with Crippen molar-refractivity contribution >= 4 is 15.9 Å². The van der Waals surface area contributed by atoms with Gasteiger partial charge in [0.15, 0.2) is 0 Å². The summed E-state index contributed by atoms with van der Waals surface area (Å²) in [7, 11) is -3.76. The molecule has 120 valence electrons. The number of nitrogens with zero attached hydrogens (tertiary/aromatic N) is 1. The molecule has 1 saturated carbocycles. The highest BCUT2D eigenvalue weighted by Gasteiger charge is 2.54. The third-order valence-electron chi connectivity index (χ3n) is 5.08. The molecule has 0 N–H and O–H groups in total. The molecule has 1 atom stereocenters. The predicted molar refractivity (Wildman–Crippen MR) is 84.8 cm³/mol. The molecule has 5 heteroatoms. The summed E-state index contributed by atoms with van der Waals surface area (Å²) in [6.45, 7) is 3.77. The van der Waals surface area contributed by atoms with Crippen LogP contribution in [-0.2, 0) is 14.8 Å². The summed E-state index contributed by atoms with van der Waals surface area (Å²) in [4.78, 5) is 12.8. The van der Waals surface area contributed by atoms with E-state index in [1.54, 1.807) is 24.3 Å². The van der Waals surface area contributed by atoms with E-state index in [2.05, 4.69) is 0 Å². The number of benzene rings is 1. The molecule has 1 saturated heterocycles. The number of amides is 1. The lowest BCUT2D eigenvalue weighted by Gasteiger charge is -2.40. The van der Waals surface area contributed by atoms with E-state index >= 15 is 0 Å². The van der Waals surface area contributed by atoms with E-state index in [1.807, 2.05) is 13.8 Å². The van der Waals surface area contributed by atoms with Gasteiger partial charge in [-0.05, 0) is 38.3 Å². The standard InChI is InChI=1S/C17H23NO3S/c1-13-6-8-15(9-7-13)22(20,21)18-16(19)14(2)12-17(18)10-4-3-5-11-17/h6-9,14H,3-5,10-12H2,1-2H3. The molecule has 1 unspecified atom stereocenters. The van der Waals surface area contributed by atoms with Crippen LogP contribution >= 0.6 is 0 Å². The van der Waals surface area contributed by atoms with Crippen molar-refractivity contribution in [3.63, 3.8) is 0 Å². The van der Waals surface area contributed by atoms with Crippen molar-refractivity contribution in [2.24, 2.45) is 5.92 Å². The second kappa shape index (κ2) is 5.37. The number of aryl methyl sites for hydroxylation is 1. The molecule has 2 fully saturated rings. The van der Waals surface area contributed by atoms with Crippen molar-refractivity contribution in [3.8, 4) is 0 Å². The highest BCUT2D eigenvalue weighted by molar-refractivity contribution is 7.89. The SMILES string of the molecule is Cc1ccc(S(=O)(=O)N2C(=O)C(C)CC23CCCCC3)cc1. The van der Waals surface area contributed by atoms with Gasteiger partial charge in [-0.25, -0.2) is 12.7 Å². The van der Waals surface area contributed by atoms with E-state index < -0.39 is 15.6 Å². The second-order valence-corrected chi connectivity index (χ2v) is 8.60. The molecule has 0 bridgehead atoms. The number of hydrogen-bond donors (Lipinski definition) is 0. The van der Waals surface area contributed by atoms with Crippen LogP contribution in [0.1, 0.15) is 51.0 Å². The molecular weight excluding hydrogens is 298 g/mol. The maximum absolute atomic E-state index is 13.1. The highest BCUT2D eigenvalue weighted by Crippen LogP contribution is 2.47. The largest absolute Gasteiger partial charge is 0.273 e. The lowest BCUT2D eigenvalue weighted by atomic mass is 9.79. The molecule has 1 aromatic carbocycles. The van der Waals surface area contributed by atoms with Gasteiger partial charge in [0.05, 0.1) is 10.4 Å². The fourth-order valence-corrected chi connectivity index (χ4v) is 5.85. The van der Waals surface area contributed by atoms with Gasteiger partial charge in [-0.3, -0.25) is 4.79 Å². The first-order valence-electron chi connectivity index (χ1n) is 8.03. The minimum atomic E-state index is -3.76. The lowest BCUT2D eigenvalue weighted by Crippen LogP contribution is -2.50. The molecule has 1 heterocycles. The summed E-state index contributed by atoms with van der Waals surface area (Å²) in [5, 5.41) is 0.